The Kier molecular flexibility index (Phi) is 3.35. The van der Waals surface area contributed by atoms with E-state index in [0.717, 1.165) is 15.8 Å². The van der Waals surface area contributed by atoms with Gasteiger partial charge in [-0.3, -0.25) is 0 Å². The highest BCUT2D eigenvalue weighted by atomic mass is 79.9. The van der Waals surface area contributed by atoms with Crippen LogP contribution in [0.25, 0.3) is 6.08 Å². The van der Waals surface area contributed by atoms with E-state index in [0.29, 0.717) is 6.61 Å². The van der Waals surface area contributed by atoms with Crippen molar-refractivity contribution in [2.24, 2.45) is 0 Å². The Morgan fingerprint density at radius 2 is 2.33 bits per heavy atom. The monoisotopic (exact) mass is 226 g/mol. The molecule has 1 rings (SSSR count). The van der Waals surface area contributed by atoms with E-state index in [1.54, 1.807) is 6.08 Å². The summed E-state index contributed by atoms with van der Waals surface area (Å²) in [6.07, 6.45) is 1.79. The molecule has 2 heteroatoms. The number of rotatable bonds is 3. The fourth-order valence-electron chi connectivity index (χ4n) is 0.997. The van der Waals surface area contributed by atoms with Gasteiger partial charge in [0, 0.05) is 10.0 Å². The second-order valence-corrected chi connectivity index (χ2v) is 3.14. The van der Waals surface area contributed by atoms with Gasteiger partial charge in [-0.15, -0.1) is 0 Å². The lowest BCUT2D eigenvalue weighted by molar-refractivity contribution is 0.339. The molecule has 0 spiro atoms. The first-order chi connectivity index (χ1) is 5.79. The van der Waals surface area contributed by atoms with Crippen LogP contribution < -0.4 is 4.74 Å². The van der Waals surface area contributed by atoms with Gasteiger partial charge in [-0.25, -0.2) is 0 Å². The predicted octanol–water partition coefficient (Wildman–Crippen LogP) is 3.49. The van der Waals surface area contributed by atoms with Crippen LogP contribution in [0.15, 0.2) is 29.3 Å². The third-order valence-corrected chi connectivity index (χ3v) is 2.21. The van der Waals surface area contributed by atoms with Crippen molar-refractivity contribution in [3.8, 4) is 5.75 Å². The third kappa shape index (κ3) is 1.89. The summed E-state index contributed by atoms with van der Waals surface area (Å²) in [7, 11) is 0. The largest absolute Gasteiger partial charge is 0.493 e. The number of halogens is 1. The predicted molar refractivity (Wildman–Crippen MR) is 55.4 cm³/mol. The molecule has 1 aromatic carbocycles. The van der Waals surface area contributed by atoms with Gasteiger partial charge in [0.05, 0.1) is 6.61 Å². The molecular weight excluding hydrogens is 216 g/mol. The highest BCUT2D eigenvalue weighted by Crippen LogP contribution is 2.27. The molecule has 0 aliphatic heterocycles. The molecule has 64 valence electrons. The summed E-state index contributed by atoms with van der Waals surface area (Å²) in [5.74, 6) is 0.877. The second-order valence-electron chi connectivity index (χ2n) is 2.29. The third-order valence-electron chi connectivity index (χ3n) is 1.52. The summed E-state index contributed by atoms with van der Waals surface area (Å²) in [5, 5.41) is 0. The number of hydrogen-bond donors (Lipinski definition) is 0. The SMILES string of the molecule is C=Cc1c(Br)cccc1OCC. The molecule has 0 aliphatic rings. The van der Waals surface area contributed by atoms with Gasteiger partial charge < -0.3 is 4.74 Å². The van der Waals surface area contributed by atoms with Crippen LogP contribution in [-0.2, 0) is 0 Å². The Morgan fingerprint density at radius 3 is 2.92 bits per heavy atom. The van der Waals surface area contributed by atoms with Crippen molar-refractivity contribution in [1.29, 1.82) is 0 Å². The molecule has 0 unspecified atom stereocenters. The molecule has 12 heavy (non-hydrogen) atoms. The van der Waals surface area contributed by atoms with Crippen molar-refractivity contribution in [2.45, 2.75) is 6.92 Å². The minimum absolute atomic E-state index is 0.678. The van der Waals surface area contributed by atoms with Crippen molar-refractivity contribution in [3.05, 3.63) is 34.8 Å². The second kappa shape index (κ2) is 4.31. The fraction of sp³-hybridized carbons (Fsp3) is 0.200. The molecule has 0 saturated carbocycles. The standard InChI is InChI=1S/C10H11BrO/c1-3-8-9(11)6-5-7-10(8)12-4-2/h3,5-7H,1,4H2,2H3. The first-order valence-corrected chi connectivity index (χ1v) is 4.62. The van der Waals surface area contributed by atoms with Crippen LogP contribution in [0.5, 0.6) is 5.75 Å². The summed E-state index contributed by atoms with van der Waals surface area (Å²) in [6, 6.07) is 5.85. The maximum absolute atomic E-state index is 5.41. The summed E-state index contributed by atoms with van der Waals surface area (Å²) in [4.78, 5) is 0. The van der Waals surface area contributed by atoms with Gasteiger partial charge in [-0.2, -0.15) is 0 Å². The topological polar surface area (TPSA) is 9.23 Å². The zero-order chi connectivity index (χ0) is 8.97. The van der Waals surface area contributed by atoms with Crippen molar-refractivity contribution >= 4 is 22.0 Å². The lowest BCUT2D eigenvalue weighted by atomic mass is 10.2. The molecule has 0 atom stereocenters. The minimum atomic E-state index is 0.678. The Morgan fingerprint density at radius 1 is 1.58 bits per heavy atom. The zero-order valence-electron chi connectivity index (χ0n) is 7.01. The fourth-order valence-corrected chi connectivity index (χ4v) is 1.51. The van der Waals surface area contributed by atoms with Crippen LogP contribution in [0.4, 0.5) is 0 Å². The molecular formula is C10H11BrO. The molecule has 0 heterocycles. The van der Waals surface area contributed by atoms with Gasteiger partial charge in [0.15, 0.2) is 0 Å². The Hall–Kier alpha value is -0.760. The maximum atomic E-state index is 5.41. The van der Waals surface area contributed by atoms with E-state index in [9.17, 15) is 0 Å². The molecule has 0 radical (unpaired) electrons. The van der Waals surface area contributed by atoms with Crippen LogP contribution in [0.3, 0.4) is 0 Å². The van der Waals surface area contributed by atoms with E-state index in [2.05, 4.69) is 22.5 Å². The van der Waals surface area contributed by atoms with Crippen molar-refractivity contribution in [3.63, 3.8) is 0 Å². The van der Waals surface area contributed by atoms with E-state index in [1.807, 2.05) is 25.1 Å². The summed E-state index contributed by atoms with van der Waals surface area (Å²) < 4.78 is 6.42. The van der Waals surface area contributed by atoms with Crippen LogP contribution in [0.1, 0.15) is 12.5 Å². The molecule has 0 aliphatic carbocycles. The number of ether oxygens (including phenoxy) is 1. The van der Waals surface area contributed by atoms with E-state index in [4.69, 9.17) is 4.74 Å². The minimum Gasteiger partial charge on any atom is -0.493 e. The Balaban J connectivity index is 3.09. The Bertz CT molecular complexity index is 281. The smallest absolute Gasteiger partial charge is 0.127 e. The number of hydrogen-bond acceptors (Lipinski definition) is 1. The highest BCUT2D eigenvalue weighted by Gasteiger charge is 2.02. The maximum Gasteiger partial charge on any atom is 0.127 e. The van der Waals surface area contributed by atoms with Gasteiger partial charge in [0.1, 0.15) is 5.75 Å². The summed E-state index contributed by atoms with van der Waals surface area (Å²) in [6.45, 7) is 6.37. The average Bonchev–Trinajstić information content (AvgIpc) is 2.05. The first kappa shape index (κ1) is 9.33. The quantitative estimate of drug-likeness (QED) is 0.767. The van der Waals surface area contributed by atoms with Crippen LogP contribution in [0, 0.1) is 0 Å². The molecule has 0 bridgehead atoms. The van der Waals surface area contributed by atoms with Crippen molar-refractivity contribution in [2.75, 3.05) is 6.61 Å². The highest BCUT2D eigenvalue weighted by molar-refractivity contribution is 9.10. The lowest BCUT2D eigenvalue weighted by Crippen LogP contribution is -1.93. The Labute approximate surface area is 81.2 Å². The van der Waals surface area contributed by atoms with Gasteiger partial charge in [0.25, 0.3) is 0 Å². The van der Waals surface area contributed by atoms with Crippen LogP contribution >= 0.6 is 15.9 Å². The molecule has 1 aromatic rings. The zero-order valence-corrected chi connectivity index (χ0v) is 8.60. The van der Waals surface area contributed by atoms with Crippen LogP contribution in [-0.4, -0.2) is 6.61 Å². The lowest BCUT2D eigenvalue weighted by Gasteiger charge is -2.07. The van der Waals surface area contributed by atoms with Crippen LogP contribution in [0.2, 0.25) is 0 Å². The van der Waals surface area contributed by atoms with Crippen molar-refractivity contribution in [1.82, 2.24) is 0 Å². The number of benzene rings is 1. The van der Waals surface area contributed by atoms with E-state index in [1.165, 1.54) is 0 Å². The summed E-state index contributed by atoms with van der Waals surface area (Å²) >= 11 is 3.43. The van der Waals surface area contributed by atoms with Gasteiger partial charge in [0.2, 0.25) is 0 Å². The summed E-state index contributed by atoms with van der Waals surface area (Å²) in [5.41, 5.74) is 1.01. The van der Waals surface area contributed by atoms with Gasteiger partial charge in [-0.1, -0.05) is 34.7 Å². The first-order valence-electron chi connectivity index (χ1n) is 3.83. The van der Waals surface area contributed by atoms with E-state index in [-0.39, 0.29) is 0 Å². The molecule has 0 fully saturated rings. The normalized spacial score (nSPS) is 9.50. The molecule has 0 amide bonds. The molecule has 0 saturated heterocycles. The van der Waals surface area contributed by atoms with Gasteiger partial charge >= 0.3 is 0 Å². The molecule has 1 nitrogen and oxygen atoms in total. The molecule has 0 N–H and O–H groups in total. The van der Waals surface area contributed by atoms with E-state index < -0.39 is 0 Å². The average molecular weight is 227 g/mol. The van der Waals surface area contributed by atoms with Crippen molar-refractivity contribution < 1.29 is 4.74 Å². The molecule has 0 aromatic heterocycles. The van der Waals surface area contributed by atoms with E-state index >= 15 is 0 Å². The van der Waals surface area contributed by atoms with Gasteiger partial charge in [-0.05, 0) is 19.1 Å².